The van der Waals surface area contributed by atoms with Gasteiger partial charge in [-0.2, -0.15) is 4.31 Å². The molecule has 1 amide bonds. The summed E-state index contributed by atoms with van der Waals surface area (Å²) in [6.45, 7) is 0.977. The quantitative estimate of drug-likeness (QED) is 0.317. The van der Waals surface area contributed by atoms with Gasteiger partial charge in [-0.25, -0.2) is 8.42 Å². The number of hydrogen-bond acceptors (Lipinski definition) is 8. The zero-order valence-corrected chi connectivity index (χ0v) is 21.2. The number of hydrogen-bond donors (Lipinski definition) is 2. The second-order valence-electron chi connectivity index (χ2n) is 8.26. The molecule has 4 rings (SSSR count). The Bertz CT molecular complexity index is 1330. The van der Waals surface area contributed by atoms with Gasteiger partial charge in [0.25, 0.3) is 21.6 Å². The lowest BCUT2D eigenvalue weighted by molar-refractivity contribution is -0.384. The highest BCUT2D eigenvalue weighted by Gasteiger charge is 2.30. The van der Waals surface area contributed by atoms with Gasteiger partial charge in [0.15, 0.2) is 0 Å². The maximum absolute atomic E-state index is 13.2. The van der Waals surface area contributed by atoms with Crippen LogP contribution in [-0.2, 0) is 16.6 Å². The molecule has 1 saturated heterocycles. The van der Waals surface area contributed by atoms with Gasteiger partial charge < -0.3 is 15.4 Å². The molecule has 0 unspecified atom stereocenters. The number of carbonyl (C=O) groups is 1. The summed E-state index contributed by atoms with van der Waals surface area (Å²) in [4.78, 5) is 23.2. The Balaban J connectivity index is 1.30. The standard InChI is InChI=1S/C24H26N4O6S2/c1-34-21-4-2-3-19(15-21)26-18-11-13-27(14-12-18)36(32,33)23-10-9-22(35-23)16-25-24(29)17-5-7-20(8-6-17)28(30)31/h2-10,15,18,26H,11-14,16H2,1H3,(H,25,29). The molecule has 2 N–H and O–H groups in total. The topological polar surface area (TPSA) is 131 Å². The molecule has 0 radical (unpaired) electrons. The molecule has 1 aliphatic heterocycles. The van der Waals surface area contributed by atoms with Gasteiger partial charge in [-0.3, -0.25) is 14.9 Å². The second kappa shape index (κ2) is 11.1. The van der Waals surface area contributed by atoms with Crippen molar-refractivity contribution >= 4 is 38.6 Å². The minimum Gasteiger partial charge on any atom is -0.497 e. The number of nitrogens with one attached hydrogen (secondary N) is 2. The van der Waals surface area contributed by atoms with Crippen molar-refractivity contribution in [3.05, 3.63) is 81.2 Å². The number of ether oxygens (including phenoxy) is 1. The zero-order valence-electron chi connectivity index (χ0n) is 19.5. The third kappa shape index (κ3) is 6.01. The van der Waals surface area contributed by atoms with E-state index < -0.39 is 20.9 Å². The monoisotopic (exact) mass is 530 g/mol. The van der Waals surface area contributed by atoms with Gasteiger partial charge in [0.05, 0.1) is 18.6 Å². The average molecular weight is 531 g/mol. The van der Waals surface area contributed by atoms with Crippen LogP contribution in [0.1, 0.15) is 28.1 Å². The third-order valence-electron chi connectivity index (χ3n) is 5.89. The number of nitro groups is 1. The number of anilines is 1. The first-order valence-electron chi connectivity index (χ1n) is 11.3. The van der Waals surface area contributed by atoms with E-state index in [0.29, 0.717) is 30.8 Å². The van der Waals surface area contributed by atoms with Crippen molar-refractivity contribution in [3.63, 3.8) is 0 Å². The number of methoxy groups -OCH3 is 1. The molecule has 10 nitrogen and oxygen atoms in total. The Kier molecular flexibility index (Phi) is 7.87. The van der Waals surface area contributed by atoms with E-state index in [1.54, 1.807) is 19.2 Å². The maximum atomic E-state index is 13.2. The van der Waals surface area contributed by atoms with Gasteiger partial charge in [0, 0.05) is 53.5 Å². The summed E-state index contributed by atoms with van der Waals surface area (Å²) in [6, 6.07) is 16.3. The lowest BCUT2D eigenvalue weighted by atomic mass is 10.1. The van der Waals surface area contributed by atoms with Gasteiger partial charge >= 0.3 is 0 Å². The molecule has 0 atom stereocenters. The molecular formula is C24H26N4O6S2. The second-order valence-corrected chi connectivity index (χ2v) is 11.6. The summed E-state index contributed by atoms with van der Waals surface area (Å²) in [5.41, 5.74) is 1.13. The van der Waals surface area contributed by atoms with Gasteiger partial charge in [-0.1, -0.05) is 6.07 Å². The van der Waals surface area contributed by atoms with E-state index in [2.05, 4.69) is 10.6 Å². The lowest BCUT2D eigenvalue weighted by Crippen LogP contribution is -2.42. The highest BCUT2D eigenvalue weighted by atomic mass is 32.2. The van der Waals surface area contributed by atoms with E-state index in [4.69, 9.17) is 4.74 Å². The van der Waals surface area contributed by atoms with Gasteiger partial charge in [0.2, 0.25) is 0 Å². The van der Waals surface area contributed by atoms with Crippen LogP contribution in [0.15, 0.2) is 64.9 Å². The van der Waals surface area contributed by atoms with Gasteiger partial charge in [0.1, 0.15) is 9.96 Å². The lowest BCUT2D eigenvalue weighted by Gasteiger charge is -2.31. The number of carbonyl (C=O) groups excluding carboxylic acids is 1. The van der Waals surface area contributed by atoms with Crippen molar-refractivity contribution in [3.8, 4) is 5.75 Å². The molecule has 0 aliphatic carbocycles. The van der Waals surface area contributed by atoms with E-state index in [-0.39, 0.29) is 28.0 Å². The molecular weight excluding hydrogens is 504 g/mol. The van der Waals surface area contributed by atoms with Crippen molar-refractivity contribution in [2.45, 2.75) is 29.6 Å². The summed E-state index contributed by atoms with van der Waals surface area (Å²) in [5, 5.41) is 16.9. The summed E-state index contributed by atoms with van der Waals surface area (Å²) in [7, 11) is -2.01. The largest absolute Gasteiger partial charge is 0.497 e. The number of rotatable bonds is 9. The van der Waals surface area contributed by atoms with E-state index >= 15 is 0 Å². The first kappa shape index (κ1) is 25.6. The number of thiophene rings is 1. The van der Waals surface area contributed by atoms with E-state index in [1.165, 1.54) is 28.6 Å². The fourth-order valence-electron chi connectivity index (χ4n) is 3.91. The molecule has 1 fully saturated rings. The van der Waals surface area contributed by atoms with Crippen molar-refractivity contribution in [1.82, 2.24) is 9.62 Å². The predicted octanol–water partition coefficient (Wildman–Crippen LogP) is 3.86. The number of benzene rings is 2. The number of amides is 1. The Morgan fingerprint density at radius 3 is 2.53 bits per heavy atom. The number of nitrogens with zero attached hydrogens (tertiary/aromatic N) is 2. The molecule has 1 aromatic heterocycles. The molecule has 1 aliphatic rings. The Morgan fingerprint density at radius 2 is 1.86 bits per heavy atom. The Hall–Kier alpha value is -3.48. The van der Waals surface area contributed by atoms with Crippen molar-refractivity contribution in [2.24, 2.45) is 0 Å². The predicted molar refractivity (Wildman–Crippen MR) is 137 cm³/mol. The molecule has 12 heteroatoms. The smallest absolute Gasteiger partial charge is 0.269 e. The van der Waals surface area contributed by atoms with Crippen LogP contribution in [0.25, 0.3) is 0 Å². The molecule has 0 saturated carbocycles. The molecule has 190 valence electrons. The SMILES string of the molecule is COc1cccc(NC2CCN(S(=O)(=O)c3ccc(CNC(=O)c4ccc([N+](=O)[O-])cc4)s3)CC2)c1. The van der Waals surface area contributed by atoms with Crippen LogP contribution in [-0.4, -0.2) is 49.8 Å². The molecule has 2 heterocycles. The van der Waals surface area contributed by atoms with Crippen LogP contribution < -0.4 is 15.4 Å². The van der Waals surface area contributed by atoms with Crippen molar-refractivity contribution < 1.29 is 22.9 Å². The van der Waals surface area contributed by atoms with Crippen LogP contribution >= 0.6 is 11.3 Å². The van der Waals surface area contributed by atoms with Gasteiger partial charge in [-0.05, 0) is 49.2 Å². The summed E-state index contributed by atoms with van der Waals surface area (Å²) in [6.07, 6.45) is 1.36. The normalized spacial score (nSPS) is 14.8. The van der Waals surface area contributed by atoms with E-state index in [0.717, 1.165) is 22.8 Å². The van der Waals surface area contributed by atoms with Crippen LogP contribution in [0.3, 0.4) is 0 Å². The maximum Gasteiger partial charge on any atom is 0.269 e. The molecule has 0 spiro atoms. The van der Waals surface area contributed by atoms with Crippen molar-refractivity contribution in [1.29, 1.82) is 0 Å². The number of piperidine rings is 1. The van der Waals surface area contributed by atoms with Crippen LogP contribution in [0.5, 0.6) is 5.75 Å². The molecule has 2 aromatic carbocycles. The van der Waals surface area contributed by atoms with Crippen LogP contribution in [0.4, 0.5) is 11.4 Å². The van der Waals surface area contributed by atoms with Crippen LogP contribution in [0, 0.1) is 10.1 Å². The summed E-state index contributed by atoms with van der Waals surface area (Å²) < 4.78 is 33.3. The number of non-ortho nitro benzene ring substituents is 1. The van der Waals surface area contributed by atoms with E-state index in [1.807, 2.05) is 24.3 Å². The molecule has 36 heavy (non-hydrogen) atoms. The fourth-order valence-corrected chi connectivity index (χ4v) is 6.83. The van der Waals surface area contributed by atoms with Crippen molar-refractivity contribution in [2.75, 3.05) is 25.5 Å². The zero-order chi connectivity index (χ0) is 25.7. The molecule has 3 aromatic rings. The Morgan fingerprint density at radius 1 is 1.14 bits per heavy atom. The number of nitro benzene ring substituents is 1. The first-order chi connectivity index (χ1) is 17.3. The summed E-state index contributed by atoms with van der Waals surface area (Å²) in [5.74, 6) is 0.366. The van der Waals surface area contributed by atoms with E-state index in [9.17, 15) is 23.3 Å². The highest BCUT2D eigenvalue weighted by molar-refractivity contribution is 7.91. The minimum absolute atomic E-state index is 0.0974. The van der Waals surface area contributed by atoms with Gasteiger partial charge in [-0.15, -0.1) is 11.3 Å². The van der Waals surface area contributed by atoms with Crippen LogP contribution in [0.2, 0.25) is 0 Å². The first-order valence-corrected chi connectivity index (χ1v) is 13.5. The summed E-state index contributed by atoms with van der Waals surface area (Å²) >= 11 is 1.12. The average Bonchev–Trinajstić information content (AvgIpc) is 3.38. The third-order valence-corrected chi connectivity index (χ3v) is 9.34. The minimum atomic E-state index is -3.62. The number of sulfonamides is 1. The Labute approximate surface area is 213 Å². The molecule has 0 bridgehead atoms. The fraction of sp³-hybridized carbons (Fsp3) is 0.292. The highest BCUT2D eigenvalue weighted by Crippen LogP contribution is 2.28.